The molecule has 25 heavy (non-hydrogen) atoms. The fourth-order valence-corrected chi connectivity index (χ4v) is 3.13. The number of piperidine rings is 1. The van der Waals surface area contributed by atoms with Crippen molar-refractivity contribution >= 4 is 17.7 Å². The van der Waals surface area contributed by atoms with Crippen LogP contribution < -0.4 is 0 Å². The first kappa shape index (κ1) is 18.5. The van der Waals surface area contributed by atoms with Crippen molar-refractivity contribution in [2.45, 2.75) is 38.8 Å². The molecule has 1 aliphatic heterocycles. The lowest BCUT2D eigenvalue weighted by atomic mass is 10.0. The number of nitro benzene ring substituents is 1. The van der Waals surface area contributed by atoms with Gasteiger partial charge in [-0.1, -0.05) is 0 Å². The van der Waals surface area contributed by atoms with Crippen LogP contribution in [0, 0.1) is 10.1 Å². The second-order valence-electron chi connectivity index (χ2n) is 6.29. The molecule has 9 heteroatoms. The van der Waals surface area contributed by atoms with Crippen molar-refractivity contribution in [3.05, 3.63) is 33.9 Å². The lowest BCUT2D eigenvalue weighted by molar-refractivity contribution is -0.385. The Labute approximate surface area is 144 Å². The van der Waals surface area contributed by atoms with Crippen LogP contribution in [0.2, 0.25) is 0 Å². The summed E-state index contributed by atoms with van der Waals surface area (Å²) in [6.45, 7) is 4.26. The maximum absolute atomic E-state index is 12.9. The standard InChI is InChI=1S/C16H21N3O6/c1-10(2)18(12-4-3-7-17(9-12)16(22)23)15(21)11-5-6-14(20)13(8-11)19(24)25/h5-6,8,10,12,20H,3-4,7,9H2,1-2H3,(H,22,23)/t12-/m1/s1. The molecule has 1 fully saturated rings. The molecule has 2 N–H and O–H groups in total. The van der Waals surface area contributed by atoms with Gasteiger partial charge in [0, 0.05) is 30.8 Å². The summed E-state index contributed by atoms with van der Waals surface area (Å²) >= 11 is 0. The van der Waals surface area contributed by atoms with Gasteiger partial charge in [0.05, 0.1) is 11.0 Å². The van der Waals surface area contributed by atoms with Crippen LogP contribution in [0.25, 0.3) is 0 Å². The van der Waals surface area contributed by atoms with E-state index >= 15 is 0 Å². The van der Waals surface area contributed by atoms with Gasteiger partial charge < -0.3 is 20.0 Å². The first-order chi connectivity index (χ1) is 11.7. The van der Waals surface area contributed by atoms with Gasteiger partial charge in [-0.2, -0.15) is 0 Å². The molecule has 1 aliphatic rings. The van der Waals surface area contributed by atoms with E-state index in [1.165, 1.54) is 11.0 Å². The van der Waals surface area contributed by atoms with Gasteiger partial charge in [0.15, 0.2) is 5.75 Å². The van der Waals surface area contributed by atoms with E-state index in [9.17, 15) is 29.9 Å². The minimum Gasteiger partial charge on any atom is -0.502 e. The van der Waals surface area contributed by atoms with Crippen LogP contribution in [0.15, 0.2) is 18.2 Å². The highest BCUT2D eigenvalue weighted by atomic mass is 16.6. The lowest BCUT2D eigenvalue weighted by Gasteiger charge is -2.40. The number of carboxylic acid groups (broad SMARTS) is 1. The summed E-state index contributed by atoms with van der Waals surface area (Å²) in [6, 6.07) is 2.99. The Kier molecular flexibility index (Phi) is 5.45. The smallest absolute Gasteiger partial charge is 0.407 e. The third-order valence-electron chi connectivity index (χ3n) is 4.27. The lowest BCUT2D eigenvalue weighted by Crippen LogP contribution is -2.53. The number of likely N-dealkylation sites (tertiary alicyclic amines) is 1. The average Bonchev–Trinajstić information content (AvgIpc) is 2.55. The van der Waals surface area contributed by atoms with Crippen LogP contribution in [0.1, 0.15) is 37.0 Å². The molecule has 1 aromatic rings. The second kappa shape index (κ2) is 7.37. The van der Waals surface area contributed by atoms with Crippen LogP contribution in [0.4, 0.5) is 10.5 Å². The van der Waals surface area contributed by atoms with Crippen molar-refractivity contribution in [3.63, 3.8) is 0 Å². The number of aromatic hydroxyl groups is 1. The number of rotatable bonds is 4. The monoisotopic (exact) mass is 351 g/mol. The van der Waals surface area contributed by atoms with Crippen LogP contribution in [-0.4, -0.2) is 62.1 Å². The minimum atomic E-state index is -1.03. The Morgan fingerprint density at radius 1 is 1.40 bits per heavy atom. The number of hydrogen-bond acceptors (Lipinski definition) is 5. The number of hydrogen-bond donors (Lipinski definition) is 2. The summed E-state index contributed by atoms with van der Waals surface area (Å²) in [5.74, 6) is -0.928. The van der Waals surface area contributed by atoms with Gasteiger partial charge in [-0.05, 0) is 38.8 Å². The van der Waals surface area contributed by atoms with Crippen molar-refractivity contribution in [3.8, 4) is 5.75 Å². The van der Waals surface area contributed by atoms with Gasteiger partial charge in [-0.25, -0.2) is 4.79 Å². The highest BCUT2D eigenvalue weighted by Gasteiger charge is 2.33. The SMILES string of the molecule is CC(C)N(C(=O)c1ccc(O)c([N+](=O)[O-])c1)[C@@H]1CCCN(C(=O)O)C1. The van der Waals surface area contributed by atoms with Gasteiger partial charge in [-0.3, -0.25) is 14.9 Å². The summed E-state index contributed by atoms with van der Waals surface area (Å²) in [5.41, 5.74) is -0.448. The number of nitro groups is 1. The zero-order valence-electron chi connectivity index (χ0n) is 14.1. The number of phenols is 1. The molecule has 0 unspecified atom stereocenters. The van der Waals surface area contributed by atoms with E-state index < -0.39 is 28.4 Å². The number of amides is 2. The molecule has 0 radical (unpaired) electrons. The number of carbonyl (C=O) groups is 2. The Morgan fingerprint density at radius 3 is 2.64 bits per heavy atom. The number of nitrogens with zero attached hydrogens (tertiary/aromatic N) is 3. The van der Waals surface area contributed by atoms with E-state index in [2.05, 4.69) is 0 Å². The quantitative estimate of drug-likeness (QED) is 0.633. The van der Waals surface area contributed by atoms with Gasteiger partial charge in [0.1, 0.15) is 0 Å². The normalized spacial score (nSPS) is 17.4. The molecule has 1 atom stereocenters. The fraction of sp³-hybridized carbons (Fsp3) is 0.500. The van der Waals surface area contributed by atoms with Gasteiger partial charge in [0.25, 0.3) is 5.91 Å². The Hall–Kier alpha value is -2.84. The molecule has 0 aromatic heterocycles. The summed E-state index contributed by atoms with van der Waals surface area (Å²) in [4.78, 5) is 37.2. The van der Waals surface area contributed by atoms with Crippen molar-refractivity contribution in [2.24, 2.45) is 0 Å². The zero-order chi connectivity index (χ0) is 18.7. The van der Waals surface area contributed by atoms with Crippen LogP contribution in [0.3, 0.4) is 0 Å². The van der Waals surface area contributed by atoms with Crippen LogP contribution >= 0.6 is 0 Å². The highest BCUT2D eigenvalue weighted by Crippen LogP contribution is 2.28. The molecular formula is C16H21N3O6. The largest absolute Gasteiger partial charge is 0.502 e. The molecule has 1 saturated heterocycles. The van der Waals surface area contributed by atoms with Gasteiger partial charge in [0.2, 0.25) is 0 Å². The Balaban J connectivity index is 2.31. The predicted molar refractivity (Wildman–Crippen MR) is 88.7 cm³/mol. The summed E-state index contributed by atoms with van der Waals surface area (Å²) in [6.07, 6.45) is 0.276. The second-order valence-corrected chi connectivity index (χ2v) is 6.29. The molecule has 1 aromatic carbocycles. The van der Waals surface area contributed by atoms with Crippen molar-refractivity contribution in [1.29, 1.82) is 0 Å². The zero-order valence-corrected chi connectivity index (χ0v) is 14.1. The summed E-state index contributed by atoms with van der Waals surface area (Å²) < 4.78 is 0. The third kappa shape index (κ3) is 3.98. The molecule has 1 heterocycles. The molecule has 0 aliphatic carbocycles. The van der Waals surface area contributed by atoms with E-state index in [4.69, 9.17) is 0 Å². The molecule has 136 valence electrons. The third-order valence-corrected chi connectivity index (χ3v) is 4.27. The molecule has 2 amide bonds. The van der Waals surface area contributed by atoms with Crippen LogP contribution in [0.5, 0.6) is 5.75 Å². The summed E-state index contributed by atoms with van der Waals surface area (Å²) in [5, 5.41) is 29.7. The maximum Gasteiger partial charge on any atom is 0.407 e. The topological polar surface area (TPSA) is 124 Å². The van der Waals surface area contributed by atoms with E-state index in [1.54, 1.807) is 4.90 Å². The van der Waals surface area contributed by atoms with E-state index in [-0.39, 0.29) is 24.2 Å². The number of carbonyl (C=O) groups excluding carboxylic acids is 1. The summed E-state index contributed by atoms with van der Waals surface area (Å²) in [7, 11) is 0. The first-order valence-corrected chi connectivity index (χ1v) is 8.00. The molecule has 0 spiro atoms. The number of phenolic OH excluding ortho intramolecular Hbond substituents is 1. The van der Waals surface area contributed by atoms with E-state index in [0.29, 0.717) is 19.4 Å². The molecule has 0 bridgehead atoms. The van der Waals surface area contributed by atoms with E-state index in [1.807, 2.05) is 13.8 Å². The highest BCUT2D eigenvalue weighted by molar-refractivity contribution is 5.95. The Morgan fingerprint density at radius 2 is 2.08 bits per heavy atom. The molecule has 2 rings (SSSR count). The van der Waals surface area contributed by atoms with Crippen LogP contribution in [-0.2, 0) is 0 Å². The minimum absolute atomic E-state index is 0.0886. The van der Waals surface area contributed by atoms with Gasteiger partial charge >= 0.3 is 11.8 Å². The predicted octanol–water partition coefficient (Wildman–Crippen LogP) is 2.29. The van der Waals surface area contributed by atoms with Crippen molar-refractivity contribution in [1.82, 2.24) is 9.80 Å². The molecular weight excluding hydrogens is 330 g/mol. The molecule has 9 nitrogen and oxygen atoms in total. The Bertz CT molecular complexity index is 690. The van der Waals surface area contributed by atoms with Crippen molar-refractivity contribution in [2.75, 3.05) is 13.1 Å². The number of benzene rings is 1. The molecule has 0 saturated carbocycles. The fourth-order valence-electron chi connectivity index (χ4n) is 3.13. The first-order valence-electron chi connectivity index (χ1n) is 8.00. The average molecular weight is 351 g/mol. The van der Waals surface area contributed by atoms with Crippen molar-refractivity contribution < 1.29 is 24.7 Å². The van der Waals surface area contributed by atoms with E-state index in [0.717, 1.165) is 12.1 Å². The maximum atomic E-state index is 12.9. The van der Waals surface area contributed by atoms with Gasteiger partial charge in [-0.15, -0.1) is 0 Å².